The van der Waals surface area contributed by atoms with Gasteiger partial charge in [-0.1, -0.05) is 0 Å². The number of epoxide rings is 1. The van der Waals surface area contributed by atoms with Crippen molar-refractivity contribution in [1.29, 1.82) is 5.26 Å². The molecule has 1 atom stereocenters. The lowest BCUT2D eigenvalue weighted by Gasteiger charge is -1.71. The van der Waals surface area contributed by atoms with Crippen molar-refractivity contribution < 1.29 is 4.74 Å². The molecule has 1 saturated heterocycles. The molecule has 1 unspecified atom stereocenters. The highest BCUT2D eigenvalue weighted by molar-refractivity contribution is 4.67. The molecule has 0 aromatic rings. The summed E-state index contributed by atoms with van der Waals surface area (Å²) in [6.45, 7) is 5.08. The van der Waals surface area contributed by atoms with Crippen LogP contribution in [-0.4, -0.2) is 19.3 Å². The van der Waals surface area contributed by atoms with Gasteiger partial charge in [0, 0.05) is 13.1 Å². The SMILES string of the molecule is C#N.NCC1CO1. The second kappa shape index (κ2) is 3.59. The monoisotopic (exact) mass is 100 g/mol. The molecular weight excluding hydrogens is 92.1 g/mol. The zero-order valence-corrected chi connectivity index (χ0v) is 4.00. The molecule has 1 heterocycles. The third-order valence-corrected chi connectivity index (χ3v) is 0.665. The van der Waals surface area contributed by atoms with Crippen LogP contribution in [0.5, 0.6) is 0 Å². The lowest BCUT2D eigenvalue weighted by Crippen LogP contribution is -2.05. The Balaban J connectivity index is 0.000000162. The fraction of sp³-hybridized carbons (Fsp3) is 0.750. The number of nitrogens with two attached hydrogens (primary N) is 1. The van der Waals surface area contributed by atoms with Crippen LogP contribution in [0.3, 0.4) is 0 Å². The summed E-state index contributed by atoms with van der Waals surface area (Å²) in [5.74, 6) is 0. The predicted octanol–water partition coefficient (Wildman–Crippen LogP) is -0.516. The van der Waals surface area contributed by atoms with Crippen LogP contribution in [0.2, 0.25) is 0 Å². The average Bonchev–Trinajstić information content (AvgIpc) is 2.52. The van der Waals surface area contributed by atoms with Gasteiger partial charge in [-0.25, -0.2) is 5.26 Å². The first-order valence-corrected chi connectivity index (χ1v) is 2.01. The van der Waals surface area contributed by atoms with E-state index in [4.69, 9.17) is 15.7 Å². The van der Waals surface area contributed by atoms with Crippen molar-refractivity contribution in [3.05, 3.63) is 0 Å². The minimum absolute atomic E-state index is 0.412. The molecule has 0 radical (unpaired) electrons. The maximum atomic E-state index is 6.50. The molecule has 0 saturated carbocycles. The van der Waals surface area contributed by atoms with Crippen molar-refractivity contribution in [2.75, 3.05) is 13.2 Å². The Hall–Kier alpha value is -0.590. The molecule has 0 spiro atoms. The third kappa shape index (κ3) is 3.23. The van der Waals surface area contributed by atoms with Gasteiger partial charge in [-0.15, -0.1) is 0 Å². The molecule has 1 rings (SSSR count). The largest absolute Gasteiger partial charge is 0.372 e. The first kappa shape index (κ1) is 6.41. The Morgan fingerprint density at radius 1 is 1.86 bits per heavy atom. The Bertz CT molecular complexity index is 58.0. The molecule has 0 amide bonds. The van der Waals surface area contributed by atoms with Gasteiger partial charge >= 0.3 is 0 Å². The number of nitrogens with zero attached hydrogens (tertiary/aromatic N) is 1. The van der Waals surface area contributed by atoms with Crippen LogP contribution >= 0.6 is 0 Å². The summed E-state index contributed by atoms with van der Waals surface area (Å²) < 4.78 is 4.73. The smallest absolute Gasteiger partial charge is 0.0931 e. The van der Waals surface area contributed by atoms with Crippen LogP contribution in [0.1, 0.15) is 0 Å². The summed E-state index contributed by atoms with van der Waals surface area (Å²) in [5.41, 5.74) is 5.11. The molecule has 3 heteroatoms. The Morgan fingerprint density at radius 2 is 2.29 bits per heavy atom. The van der Waals surface area contributed by atoms with Crippen LogP contribution in [0.15, 0.2) is 0 Å². The fourth-order valence-corrected chi connectivity index (χ4v) is 0.204. The van der Waals surface area contributed by atoms with Gasteiger partial charge in [0.25, 0.3) is 0 Å². The zero-order valence-electron chi connectivity index (χ0n) is 4.00. The molecular formula is C4H8N2O. The second-order valence-electron chi connectivity index (χ2n) is 1.19. The summed E-state index contributed by atoms with van der Waals surface area (Å²) in [6.07, 6.45) is 0.412. The maximum Gasteiger partial charge on any atom is 0.0931 e. The number of hydrogen-bond donors (Lipinski definition) is 1. The van der Waals surface area contributed by atoms with E-state index in [-0.39, 0.29) is 0 Å². The molecule has 2 N–H and O–H groups in total. The first-order chi connectivity index (χ1) is 3.43. The van der Waals surface area contributed by atoms with Crippen molar-refractivity contribution in [3.8, 4) is 6.57 Å². The van der Waals surface area contributed by atoms with E-state index in [2.05, 4.69) is 6.57 Å². The topological polar surface area (TPSA) is 62.3 Å². The third-order valence-electron chi connectivity index (χ3n) is 0.665. The summed E-state index contributed by atoms with van der Waals surface area (Å²) in [5, 5.41) is 6.50. The Labute approximate surface area is 42.7 Å². The number of ether oxygens (including phenoxy) is 1. The van der Waals surface area contributed by atoms with Crippen molar-refractivity contribution in [2.24, 2.45) is 5.73 Å². The van der Waals surface area contributed by atoms with Gasteiger partial charge in [-0.3, -0.25) is 0 Å². The normalized spacial score (nSPS) is 24.7. The maximum absolute atomic E-state index is 6.50. The molecule has 0 aliphatic carbocycles. The van der Waals surface area contributed by atoms with Gasteiger partial charge < -0.3 is 10.5 Å². The van der Waals surface area contributed by atoms with Crippen LogP contribution in [0, 0.1) is 11.8 Å². The molecule has 40 valence electrons. The number of hydrogen-bond acceptors (Lipinski definition) is 3. The van der Waals surface area contributed by atoms with E-state index in [1.807, 2.05) is 0 Å². The molecule has 1 aliphatic heterocycles. The Kier molecular flexibility index (Phi) is 3.29. The zero-order chi connectivity index (χ0) is 5.70. The van der Waals surface area contributed by atoms with Crippen LogP contribution < -0.4 is 5.73 Å². The summed E-state index contributed by atoms with van der Waals surface area (Å²) in [4.78, 5) is 0. The number of rotatable bonds is 1. The minimum atomic E-state index is 0.412. The molecule has 0 aromatic carbocycles. The van der Waals surface area contributed by atoms with Gasteiger partial charge in [0.2, 0.25) is 0 Å². The van der Waals surface area contributed by atoms with Crippen LogP contribution in [0.4, 0.5) is 0 Å². The molecule has 1 aliphatic rings. The van der Waals surface area contributed by atoms with Gasteiger partial charge in [0.1, 0.15) is 0 Å². The highest BCUT2D eigenvalue weighted by atomic mass is 16.6. The van der Waals surface area contributed by atoms with Crippen molar-refractivity contribution in [2.45, 2.75) is 6.10 Å². The summed E-state index contributed by atoms with van der Waals surface area (Å²) in [6, 6.07) is 0. The lowest BCUT2D eigenvalue weighted by molar-refractivity contribution is 0.412. The van der Waals surface area contributed by atoms with E-state index in [9.17, 15) is 0 Å². The van der Waals surface area contributed by atoms with E-state index >= 15 is 0 Å². The van der Waals surface area contributed by atoms with E-state index < -0.39 is 0 Å². The predicted molar refractivity (Wildman–Crippen MR) is 25.5 cm³/mol. The summed E-state index contributed by atoms with van der Waals surface area (Å²) in [7, 11) is 0. The molecule has 0 aromatic heterocycles. The standard InChI is InChI=1S/C3H7NO.CHN/c4-1-3-2-5-3;1-2/h3H,1-2,4H2;1H. The molecule has 7 heavy (non-hydrogen) atoms. The van der Waals surface area contributed by atoms with Crippen LogP contribution in [0.25, 0.3) is 0 Å². The van der Waals surface area contributed by atoms with Gasteiger partial charge in [0.05, 0.1) is 12.7 Å². The van der Waals surface area contributed by atoms with E-state index in [1.54, 1.807) is 0 Å². The average molecular weight is 100 g/mol. The Morgan fingerprint density at radius 3 is 2.29 bits per heavy atom. The highest BCUT2D eigenvalue weighted by Crippen LogP contribution is 2.03. The summed E-state index contributed by atoms with van der Waals surface area (Å²) >= 11 is 0. The highest BCUT2D eigenvalue weighted by Gasteiger charge is 2.18. The minimum Gasteiger partial charge on any atom is -0.372 e. The molecule has 3 nitrogen and oxygen atoms in total. The van der Waals surface area contributed by atoms with Crippen molar-refractivity contribution >= 4 is 0 Å². The van der Waals surface area contributed by atoms with E-state index in [1.165, 1.54) is 0 Å². The van der Waals surface area contributed by atoms with Gasteiger partial charge in [-0.05, 0) is 0 Å². The first-order valence-electron chi connectivity index (χ1n) is 2.01. The second-order valence-corrected chi connectivity index (χ2v) is 1.19. The van der Waals surface area contributed by atoms with Crippen LogP contribution in [-0.2, 0) is 4.74 Å². The van der Waals surface area contributed by atoms with E-state index in [0.717, 1.165) is 6.61 Å². The van der Waals surface area contributed by atoms with Gasteiger partial charge in [-0.2, -0.15) is 0 Å². The quantitative estimate of drug-likeness (QED) is 0.451. The van der Waals surface area contributed by atoms with Crippen molar-refractivity contribution in [1.82, 2.24) is 0 Å². The van der Waals surface area contributed by atoms with Crippen molar-refractivity contribution in [3.63, 3.8) is 0 Å². The van der Waals surface area contributed by atoms with Gasteiger partial charge in [0.15, 0.2) is 0 Å². The number of nitriles is 1. The fourth-order valence-electron chi connectivity index (χ4n) is 0.204. The van der Waals surface area contributed by atoms with E-state index in [0.29, 0.717) is 12.6 Å². The molecule has 0 bridgehead atoms. The molecule has 1 fully saturated rings. The lowest BCUT2D eigenvalue weighted by atomic mass is 10.5.